The lowest BCUT2D eigenvalue weighted by Gasteiger charge is -2.08. The Hall–Kier alpha value is -0.880. The molecule has 0 fully saturated rings. The van der Waals surface area contributed by atoms with Crippen molar-refractivity contribution in [2.45, 2.75) is 0 Å². The summed E-state index contributed by atoms with van der Waals surface area (Å²) in [5, 5.41) is 1.04. The number of aromatic amines is 1. The van der Waals surface area contributed by atoms with Crippen LogP contribution in [0.1, 0.15) is 0 Å². The minimum atomic E-state index is 0.496. The summed E-state index contributed by atoms with van der Waals surface area (Å²) in [7, 11) is 0. The molecule has 0 aliphatic heterocycles. The number of hydrogen-bond donors (Lipinski definition) is 1. The van der Waals surface area contributed by atoms with Gasteiger partial charge in [-0.3, -0.25) is 4.57 Å². The molecule has 0 spiro atoms. The number of benzene rings is 1. The molecule has 0 saturated heterocycles. The first-order chi connectivity index (χ1) is 9.08. The highest BCUT2D eigenvalue weighted by Crippen LogP contribution is 2.31. The quantitative estimate of drug-likeness (QED) is 0.597. The Morgan fingerprint density at radius 3 is 2.63 bits per heavy atom. The van der Waals surface area contributed by atoms with Crippen LogP contribution < -0.4 is 0 Å². The Labute approximate surface area is 132 Å². The molecule has 0 bridgehead atoms. The minimum absolute atomic E-state index is 0.496. The first kappa shape index (κ1) is 13.1. The van der Waals surface area contributed by atoms with Gasteiger partial charge >= 0.3 is 0 Å². The van der Waals surface area contributed by atoms with Crippen molar-refractivity contribution < 1.29 is 0 Å². The zero-order valence-electron chi connectivity index (χ0n) is 9.32. The Morgan fingerprint density at radius 1 is 1.26 bits per heavy atom. The first-order valence-electron chi connectivity index (χ1n) is 5.28. The van der Waals surface area contributed by atoms with Crippen LogP contribution in [-0.4, -0.2) is 14.5 Å². The number of hydrogen-bond acceptors (Lipinski definition) is 2. The number of nitrogens with zero attached hydrogens (tertiary/aromatic N) is 2. The maximum atomic E-state index is 6.22. The van der Waals surface area contributed by atoms with Crippen LogP contribution in [0.15, 0.2) is 34.9 Å². The second-order valence-electron chi connectivity index (χ2n) is 3.86. The van der Waals surface area contributed by atoms with E-state index in [1.807, 2.05) is 6.07 Å². The van der Waals surface area contributed by atoms with Crippen LogP contribution in [0.4, 0.5) is 0 Å². The maximum absolute atomic E-state index is 6.22. The third-order valence-corrected chi connectivity index (χ3v) is 3.98. The third-order valence-electron chi connectivity index (χ3n) is 2.65. The van der Waals surface area contributed by atoms with Gasteiger partial charge in [-0.25, -0.2) is 4.98 Å². The highest BCUT2D eigenvalue weighted by molar-refractivity contribution is 9.10. The van der Waals surface area contributed by atoms with Crippen LogP contribution in [-0.2, 0) is 0 Å². The molecule has 0 unspecified atom stereocenters. The van der Waals surface area contributed by atoms with Gasteiger partial charge in [-0.15, -0.1) is 0 Å². The number of halogens is 3. The molecule has 0 aliphatic rings. The Morgan fingerprint density at radius 2 is 1.95 bits per heavy atom. The van der Waals surface area contributed by atoms with Crippen LogP contribution in [0.2, 0.25) is 10.0 Å². The molecule has 0 amide bonds. The first-order valence-corrected chi connectivity index (χ1v) is 7.24. The largest absolute Gasteiger partial charge is 0.329 e. The van der Waals surface area contributed by atoms with Gasteiger partial charge in [0.25, 0.3) is 0 Å². The van der Waals surface area contributed by atoms with E-state index in [2.05, 4.69) is 25.9 Å². The molecule has 7 heteroatoms. The van der Waals surface area contributed by atoms with Crippen LogP contribution in [0, 0.1) is 4.77 Å². The second kappa shape index (κ2) is 4.90. The summed E-state index contributed by atoms with van der Waals surface area (Å²) in [6.07, 6.45) is 1.70. The highest BCUT2D eigenvalue weighted by atomic mass is 79.9. The van der Waals surface area contributed by atoms with Gasteiger partial charge in [-0.2, -0.15) is 0 Å². The molecule has 2 aromatic heterocycles. The highest BCUT2D eigenvalue weighted by Gasteiger charge is 2.14. The minimum Gasteiger partial charge on any atom is -0.329 e. The molecule has 1 N–H and O–H groups in total. The molecule has 19 heavy (non-hydrogen) atoms. The van der Waals surface area contributed by atoms with Gasteiger partial charge in [-0.1, -0.05) is 29.3 Å². The fraction of sp³-hybridized carbons (Fsp3) is 0. The molecule has 1 aromatic carbocycles. The van der Waals surface area contributed by atoms with Crippen molar-refractivity contribution in [1.29, 1.82) is 0 Å². The number of fused-ring (bicyclic) bond motifs is 1. The number of para-hydroxylation sites is 1. The summed E-state index contributed by atoms with van der Waals surface area (Å²) in [4.78, 5) is 7.45. The molecule has 96 valence electrons. The SMILES string of the molecule is S=c1[nH]c2cc(Br)cnc2n1-c1c(Cl)cccc1Cl. The lowest BCUT2D eigenvalue weighted by atomic mass is 10.3. The summed E-state index contributed by atoms with van der Waals surface area (Å²) < 4.78 is 3.10. The summed E-state index contributed by atoms with van der Waals surface area (Å²) in [5.74, 6) is 0. The number of aromatic nitrogens is 3. The van der Waals surface area contributed by atoms with Crippen molar-refractivity contribution in [1.82, 2.24) is 14.5 Å². The Bertz CT molecular complexity index is 820. The van der Waals surface area contributed by atoms with E-state index in [4.69, 9.17) is 35.4 Å². The van der Waals surface area contributed by atoms with E-state index in [-0.39, 0.29) is 0 Å². The standard InChI is InChI=1S/C12H6BrCl2N3S/c13-6-4-9-11(16-5-6)18(12(19)17-9)10-7(14)2-1-3-8(10)15/h1-5H,(H,17,19). The lowest BCUT2D eigenvalue weighted by Crippen LogP contribution is -1.97. The monoisotopic (exact) mass is 373 g/mol. The number of nitrogens with one attached hydrogen (secondary N) is 1. The summed E-state index contributed by atoms with van der Waals surface area (Å²) >= 11 is 21.1. The summed E-state index contributed by atoms with van der Waals surface area (Å²) in [6.45, 7) is 0. The van der Waals surface area contributed by atoms with E-state index in [9.17, 15) is 0 Å². The van der Waals surface area contributed by atoms with Crippen LogP contribution in [0.3, 0.4) is 0 Å². The van der Waals surface area contributed by atoms with Crippen molar-refractivity contribution in [2.24, 2.45) is 0 Å². The molecule has 0 saturated carbocycles. The number of rotatable bonds is 1. The van der Waals surface area contributed by atoms with Gasteiger partial charge in [0.1, 0.15) is 0 Å². The molecule has 0 aliphatic carbocycles. The van der Waals surface area contributed by atoms with Crippen LogP contribution in [0.5, 0.6) is 0 Å². The van der Waals surface area contributed by atoms with E-state index in [0.717, 1.165) is 9.99 Å². The molecule has 3 nitrogen and oxygen atoms in total. The Kier molecular flexibility index (Phi) is 3.39. The van der Waals surface area contributed by atoms with Gasteiger partial charge < -0.3 is 4.98 Å². The predicted octanol–water partition coefficient (Wildman–Crippen LogP) is 5.15. The second-order valence-corrected chi connectivity index (χ2v) is 5.98. The molecular formula is C12H6BrCl2N3S. The van der Waals surface area contributed by atoms with Crippen molar-refractivity contribution in [2.75, 3.05) is 0 Å². The van der Waals surface area contributed by atoms with Crippen LogP contribution in [0.25, 0.3) is 16.9 Å². The molecule has 3 aromatic rings. The fourth-order valence-corrected chi connectivity index (χ4v) is 3.07. The van der Waals surface area contributed by atoms with Gasteiger partial charge in [0, 0.05) is 10.7 Å². The number of imidazole rings is 1. The van der Waals surface area contributed by atoms with E-state index >= 15 is 0 Å². The molecule has 0 radical (unpaired) electrons. The van der Waals surface area contributed by atoms with Crippen LogP contribution >= 0.6 is 51.3 Å². The van der Waals surface area contributed by atoms with Gasteiger partial charge in [0.2, 0.25) is 0 Å². The number of pyridine rings is 1. The molecule has 2 heterocycles. The van der Waals surface area contributed by atoms with Gasteiger partial charge in [0.05, 0.1) is 21.2 Å². The Balaban J connectivity index is 2.43. The molecule has 0 atom stereocenters. The van der Waals surface area contributed by atoms with E-state index in [1.165, 1.54) is 0 Å². The average molecular weight is 375 g/mol. The van der Waals surface area contributed by atoms with E-state index < -0.39 is 0 Å². The van der Waals surface area contributed by atoms with Gasteiger partial charge in [-0.05, 0) is 46.3 Å². The van der Waals surface area contributed by atoms with Crippen molar-refractivity contribution in [3.8, 4) is 5.69 Å². The summed E-state index contributed by atoms with van der Waals surface area (Å²) in [6, 6.07) is 7.22. The van der Waals surface area contributed by atoms with Crippen molar-refractivity contribution in [3.05, 3.63) is 49.8 Å². The van der Waals surface area contributed by atoms with E-state index in [0.29, 0.717) is 26.2 Å². The fourth-order valence-electron chi connectivity index (χ4n) is 1.88. The summed E-state index contributed by atoms with van der Waals surface area (Å²) in [5.41, 5.74) is 2.13. The topological polar surface area (TPSA) is 33.6 Å². The van der Waals surface area contributed by atoms with Crippen molar-refractivity contribution >= 4 is 62.5 Å². The third kappa shape index (κ3) is 2.21. The normalized spacial score (nSPS) is 11.1. The zero-order chi connectivity index (χ0) is 13.6. The smallest absolute Gasteiger partial charge is 0.184 e. The van der Waals surface area contributed by atoms with Crippen molar-refractivity contribution in [3.63, 3.8) is 0 Å². The molecular weight excluding hydrogens is 369 g/mol. The maximum Gasteiger partial charge on any atom is 0.184 e. The molecule has 3 rings (SSSR count). The van der Waals surface area contributed by atoms with Gasteiger partial charge in [0.15, 0.2) is 10.4 Å². The zero-order valence-corrected chi connectivity index (χ0v) is 13.2. The van der Waals surface area contributed by atoms with E-state index in [1.54, 1.807) is 29.0 Å². The predicted molar refractivity (Wildman–Crippen MR) is 84.0 cm³/mol. The lowest BCUT2D eigenvalue weighted by molar-refractivity contribution is 1.04. The number of H-pyrrole nitrogens is 1. The average Bonchev–Trinajstić information content (AvgIpc) is 2.65.